The van der Waals surface area contributed by atoms with Crippen molar-refractivity contribution in [3.63, 3.8) is 0 Å². The molecule has 0 saturated carbocycles. The van der Waals surface area contributed by atoms with Crippen LogP contribution < -0.4 is 5.32 Å². The predicted molar refractivity (Wildman–Crippen MR) is 59.7 cm³/mol. The summed E-state index contributed by atoms with van der Waals surface area (Å²) in [6.07, 6.45) is 4.40. The predicted octanol–water partition coefficient (Wildman–Crippen LogP) is 0.682. The fourth-order valence-electron chi connectivity index (χ4n) is 1.15. The molecule has 1 atom stereocenters. The van der Waals surface area contributed by atoms with Gasteiger partial charge in [0.15, 0.2) is 0 Å². The van der Waals surface area contributed by atoms with Crippen LogP contribution in [0.15, 0.2) is 12.5 Å². The van der Waals surface area contributed by atoms with E-state index in [0.717, 1.165) is 12.0 Å². The van der Waals surface area contributed by atoms with Gasteiger partial charge in [-0.25, -0.2) is 4.98 Å². The Morgan fingerprint density at radius 2 is 2.31 bits per heavy atom. The van der Waals surface area contributed by atoms with Gasteiger partial charge in [0.25, 0.3) is 0 Å². The quantitative estimate of drug-likeness (QED) is 0.737. The van der Waals surface area contributed by atoms with Gasteiger partial charge in [-0.1, -0.05) is 20.8 Å². The molecule has 0 fully saturated rings. The number of hydrogen-bond acceptors (Lipinski definition) is 3. The molecule has 1 amide bonds. The first-order valence-electron chi connectivity index (χ1n) is 5.17. The second kappa shape index (κ2) is 4.92. The molecule has 88 valence electrons. The molecular weight excluding hydrogens is 206 g/mol. The summed E-state index contributed by atoms with van der Waals surface area (Å²) in [6, 6.07) is -0.518. The molecule has 1 rings (SSSR count). The van der Waals surface area contributed by atoms with Gasteiger partial charge in [-0.15, -0.1) is 0 Å². The van der Waals surface area contributed by atoms with E-state index in [-0.39, 0.29) is 5.91 Å². The van der Waals surface area contributed by atoms with Crippen molar-refractivity contribution in [1.82, 2.24) is 15.3 Å². The highest BCUT2D eigenvalue weighted by Crippen LogP contribution is 2.13. The third-order valence-electron chi connectivity index (χ3n) is 2.15. The summed E-state index contributed by atoms with van der Waals surface area (Å²) in [6.45, 7) is 5.41. The molecule has 0 aromatic carbocycles. The first-order valence-corrected chi connectivity index (χ1v) is 5.17. The molecule has 1 aromatic rings. The van der Waals surface area contributed by atoms with Crippen LogP contribution in [-0.2, 0) is 16.0 Å². The van der Waals surface area contributed by atoms with Crippen LogP contribution in [-0.4, -0.2) is 28.2 Å². The van der Waals surface area contributed by atoms with Crippen LogP contribution in [0.1, 0.15) is 26.5 Å². The average molecular weight is 223 g/mol. The molecule has 0 saturated heterocycles. The van der Waals surface area contributed by atoms with Gasteiger partial charge in [-0.05, 0) is 0 Å². The van der Waals surface area contributed by atoms with E-state index < -0.39 is 11.5 Å². The zero-order valence-corrected chi connectivity index (χ0v) is 9.78. The van der Waals surface area contributed by atoms with Crippen molar-refractivity contribution in [2.45, 2.75) is 33.2 Å². The second-order valence-corrected chi connectivity index (χ2v) is 4.73. The molecule has 0 aliphatic rings. The van der Waals surface area contributed by atoms with Crippen molar-refractivity contribution in [2.24, 2.45) is 5.41 Å². The monoisotopic (exact) mass is 223 g/mol. The van der Waals surface area contributed by atoms with Crippen LogP contribution in [0.3, 0.4) is 0 Å². The highest BCUT2D eigenvalue weighted by Gasteiger charge is 2.24. The molecule has 16 heavy (non-hydrogen) atoms. The Bertz CT molecular complexity index is 352. The average Bonchev–Trinajstić information content (AvgIpc) is 2.67. The molecule has 5 nitrogen and oxygen atoms in total. The number of imidazole rings is 1. The van der Waals surface area contributed by atoms with Crippen LogP contribution in [0.2, 0.25) is 0 Å². The van der Waals surface area contributed by atoms with Gasteiger partial charge >= 0.3 is 0 Å². The molecule has 1 heterocycles. The van der Waals surface area contributed by atoms with Crippen LogP contribution >= 0.6 is 0 Å². The van der Waals surface area contributed by atoms with Gasteiger partial charge in [0.1, 0.15) is 6.29 Å². The molecule has 0 bridgehead atoms. The third-order valence-corrected chi connectivity index (χ3v) is 2.15. The highest BCUT2D eigenvalue weighted by atomic mass is 16.2. The van der Waals surface area contributed by atoms with E-state index in [0.29, 0.717) is 6.42 Å². The smallest absolute Gasteiger partial charge is 0.225 e. The lowest BCUT2D eigenvalue weighted by molar-refractivity contribution is -0.130. The minimum Gasteiger partial charge on any atom is -0.351 e. The standard InChI is InChI=1S/C11H17N3O2/c1-11(2,3)10(16)14-9(6-15)4-8-5-12-7-13-8/h5-7,9H,4H2,1-3H3,(H,12,13)(H,14,16). The summed E-state index contributed by atoms with van der Waals surface area (Å²) in [5.74, 6) is -0.139. The zero-order valence-electron chi connectivity index (χ0n) is 9.78. The van der Waals surface area contributed by atoms with E-state index in [1.807, 2.05) is 0 Å². The van der Waals surface area contributed by atoms with Crippen LogP contribution in [0.4, 0.5) is 0 Å². The summed E-state index contributed by atoms with van der Waals surface area (Å²) in [7, 11) is 0. The van der Waals surface area contributed by atoms with Crippen molar-refractivity contribution in [1.29, 1.82) is 0 Å². The number of carbonyl (C=O) groups excluding carboxylic acids is 2. The molecule has 0 spiro atoms. The summed E-state index contributed by atoms with van der Waals surface area (Å²) >= 11 is 0. The molecule has 1 aromatic heterocycles. The number of aldehydes is 1. The molecule has 2 N–H and O–H groups in total. The molecule has 0 aliphatic heterocycles. The van der Waals surface area contributed by atoms with Crippen molar-refractivity contribution in [2.75, 3.05) is 0 Å². The van der Waals surface area contributed by atoms with Crippen LogP contribution in [0, 0.1) is 5.41 Å². The van der Waals surface area contributed by atoms with E-state index in [4.69, 9.17) is 0 Å². The minimum absolute atomic E-state index is 0.139. The molecule has 1 unspecified atom stereocenters. The van der Waals surface area contributed by atoms with Crippen LogP contribution in [0.25, 0.3) is 0 Å². The Kier molecular flexibility index (Phi) is 3.82. The Morgan fingerprint density at radius 1 is 1.62 bits per heavy atom. The summed E-state index contributed by atoms with van der Waals surface area (Å²) in [5, 5.41) is 2.68. The Morgan fingerprint density at radius 3 is 2.75 bits per heavy atom. The number of aromatic amines is 1. The van der Waals surface area contributed by atoms with E-state index in [9.17, 15) is 9.59 Å². The first kappa shape index (κ1) is 12.4. The van der Waals surface area contributed by atoms with Gasteiger partial charge in [0, 0.05) is 18.0 Å². The highest BCUT2D eigenvalue weighted by molar-refractivity contribution is 5.84. The Labute approximate surface area is 94.7 Å². The van der Waals surface area contributed by atoms with Crippen molar-refractivity contribution in [3.05, 3.63) is 18.2 Å². The summed E-state index contributed by atoms with van der Waals surface area (Å²) in [5.41, 5.74) is 0.263. The maximum atomic E-state index is 11.7. The maximum Gasteiger partial charge on any atom is 0.225 e. The van der Waals surface area contributed by atoms with E-state index >= 15 is 0 Å². The van der Waals surface area contributed by atoms with Crippen molar-refractivity contribution >= 4 is 12.2 Å². The number of amides is 1. The number of nitrogens with one attached hydrogen (secondary N) is 2. The number of carbonyl (C=O) groups is 2. The largest absolute Gasteiger partial charge is 0.351 e. The van der Waals surface area contributed by atoms with Gasteiger partial charge in [0.2, 0.25) is 5.91 Å². The molecule has 0 radical (unpaired) electrons. The summed E-state index contributed by atoms with van der Waals surface area (Å²) in [4.78, 5) is 29.3. The van der Waals surface area contributed by atoms with Gasteiger partial charge < -0.3 is 15.1 Å². The van der Waals surface area contributed by atoms with E-state index in [1.54, 1.807) is 33.3 Å². The zero-order chi connectivity index (χ0) is 12.2. The number of aromatic nitrogens is 2. The second-order valence-electron chi connectivity index (χ2n) is 4.73. The van der Waals surface area contributed by atoms with Crippen molar-refractivity contribution < 1.29 is 9.59 Å². The number of hydrogen-bond donors (Lipinski definition) is 2. The number of rotatable bonds is 4. The number of H-pyrrole nitrogens is 1. The minimum atomic E-state index is -0.518. The first-order chi connectivity index (χ1) is 7.43. The van der Waals surface area contributed by atoms with Crippen LogP contribution in [0.5, 0.6) is 0 Å². The van der Waals surface area contributed by atoms with Crippen molar-refractivity contribution in [3.8, 4) is 0 Å². The summed E-state index contributed by atoms with van der Waals surface area (Å²) < 4.78 is 0. The lowest BCUT2D eigenvalue weighted by atomic mass is 9.95. The van der Waals surface area contributed by atoms with E-state index in [1.165, 1.54) is 0 Å². The molecule has 5 heteroatoms. The Hall–Kier alpha value is -1.65. The SMILES string of the molecule is CC(C)(C)C(=O)NC(C=O)Cc1c[nH]cn1. The molecule has 0 aliphatic carbocycles. The Balaban J connectivity index is 2.56. The maximum absolute atomic E-state index is 11.7. The topological polar surface area (TPSA) is 74.8 Å². The van der Waals surface area contributed by atoms with Gasteiger partial charge in [0.05, 0.1) is 18.1 Å². The van der Waals surface area contributed by atoms with Gasteiger partial charge in [-0.2, -0.15) is 0 Å². The number of nitrogens with zero attached hydrogens (tertiary/aromatic N) is 1. The molecular formula is C11H17N3O2. The fourth-order valence-corrected chi connectivity index (χ4v) is 1.15. The van der Waals surface area contributed by atoms with Gasteiger partial charge in [-0.3, -0.25) is 4.79 Å². The van der Waals surface area contributed by atoms with E-state index in [2.05, 4.69) is 15.3 Å². The normalized spacial score (nSPS) is 13.2. The third kappa shape index (κ3) is 3.49. The lowest BCUT2D eigenvalue weighted by Crippen LogP contribution is -2.43. The fraction of sp³-hybridized carbons (Fsp3) is 0.545. The lowest BCUT2D eigenvalue weighted by Gasteiger charge is -2.20.